The van der Waals surface area contributed by atoms with Gasteiger partial charge in [0.25, 0.3) is 0 Å². The number of esters is 1. The summed E-state index contributed by atoms with van der Waals surface area (Å²) in [6, 6.07) is 0. The minimum atomic E-state index is -0.430. The third-order valence-corrected chi connectivity index (χ3v) is 1.57. The first kappa shape index (κ1) is 10.8. The third kappa shape index (κ3) is 4.25. The fraction of sp³-hybridized carbons (Fsp3) is 0.875. The lowest BCUT2D eigenvalue weighted by atomic mass is 9.97. The van der Waals surface area contributed by atoms with Crippen molar-refractivity contribution < 1.29 is 9.53 Å². The summed E-state index contributed by atoms with van der Waals surface area (Å²) >= 11 is 5.47. The highest BCUT2D eigenvalue weighted by Gasteiger charge is 2.24. The molecule has 0 aromatic carbocycles. The molecule has 0 aliphatic carbocycles. The smallest absolute Gasteiger partial charge is 0.311 e. The summed E-state index contributed by atoms with van der Waals surface area (Å²) in [5.74, 6) is 0.146. The van der Waals surface area contributed by atoms with Crippen LogP contribution < -0.4 is 0 Å². The van der Waals surface area contributed by atoms with Crippen LogP contribution in [0.25, 0.3) is 0 Å². The summed E-state index contributed by atoms with van der Waals surface area (Å²) in [6.45, 7) is 7.22. The average Bonchev–Trinajstić information content (AvgIpc) is 1.85. The Morgan fingerprint density at radius 3 is 2.27 bits per heavy atom. The summed E-state index contributed by atoms with van der Waals surface area (Å²) in [7, 11) is 0. The van der Waals surface area contributed by atoms with Gasteiger partial charge in [-0.1, -0.05) is 0 Å². The first-order chi connectivity index (χ1) is 4.88. The molecule has 0 fully saturated rings. The zero-order valence-corrected chi connectivity index (χ0v) is 8.23. The molecule has 0 aromatic rings. The van der Waals surface area contributed by atoms with Crippen LogP contribution in [-0.4, -0.2) is 18.0 Å². The van der Waals surface area contributed by atoms with Gasteiger partial charge in [0.05, 0.1) is 11.3 Å². The number of ether oxygens (including phenoxy) is 1. The second-order valence-corrected chi connectivity index (χ2v) is 3.93. The Hall–Kier alpha value is -0.240. The summed E-state index contributed by atoms with van der Waals surface area (Å²) in [6.07, 6.45) is -0.191. The van der Waals surface area contributed by atoms with E-state index >= 15 is 0 Å². The molecule has 0 heterocycles. The first-order valence-electron chi connectivity index (χ1n) is 3.65. The molecular formula is C8H15ClO2. The lowest BCUT2D eigenvalue weighted by molar-refractivity contribution is -0.156. The number of halogens is 1. The van der Waals surface area contributed by atoms with E-state index in [4.69, 9.17) is 16.3 Å². The van der Waals surface area contributed by atoms with Crippen molar-refractivity contribution in [3.63, 3.8) is 0 Å². The van der Waals surface area contributed by atoms with Gasteiger partial charge in [0.1, 0.15) is 6.10 Å². The van der Waals surface area contributed by atoms with Crippen molar-refractivity contribution in [2.24, 2.45) is 5.41 Å². The molecule has 3 heteroatoms. The second kappa shape index (κ2) is 3.96. The van der Waals surface area contributed by atoms with Crippen molar-refractivity contribution in [1.29, 1.82) is 0 Å². The maximum atomic E-state index is 11.2. The molecule has 1 atom stereocenters. The van der Waals surface area contributed by atoms with Crippen LogP contribution >= 0.6 is 11.6 Å². The fourth-order valence-electron chi connectivity index (χ4n) is 0.391. The van der Waals surface area contributed by atoms with Crippen LogP contribution in [0.5, 0.6) is 0 Å². The highest BCUT2D eigenvalue weighted by atomic mass is 35.5. The molecule has 0 N–H and O–H groups in total. The molecule has 0 aromatic heterocycles. The fourth-order valence-corrected chi connectivity index (χ4v) is 0.454. The Morgan fingerprint density at radius 1 is 1.55 bits per heavy atom. The Morgan fingerprint density at radius 2 is 2.00 bits per heavy atom. The van der Waals surface area contributed by atoms with E-state index in [0.717, 1.165) is 0 Å². The molecule has 0 saturated carbocycles. The molecule has 66 valence electrons. The maximum Gasteiger partial charge on any atom is 0.311 e. The van der Waals surface area contributed by atoms with Gasteiger partial charge in [-0.05, 0) is 27.7 Å². The molecule has 0 spiro atoms. The van der Waals surface area contributed by atoms with E-state index in [1.807, 2.05) is 20.8 Å². The van der Waals surface area contributed by atoms with Crippen LogP contribution in [0.4, 0.5) is 0 Å². The van der Waals surface area contributed by atoms with E-state index in [1.165, 1.54) is 0 Å². The van der Waals surface area contributed by atoms with E-state index in [1.54, 1.807) is 6.92 Å². The Balaban J connectivity index is 3.88. The van der Waals surface area contributed by atoms with Crippen LogP contribution in [0.1, 0.15) is 27.7 Å². The lowest BCUT2D eigenvalue weighted by Gasteiger charge is -2.19. The molecule has 0 amide bonds. The van der Waals surface area contributed by atoms with Gasteiger partial charge >= 0.3 is 5.97 Å². The van der Waals surface area contributed by atoms with Crippen molar-refractivity contribution in [3.8, 4) is 0 Å². The third-order valence-electron chi connectivity index (χ3n) is 1.14. The molecule has 1 unspecified atom stereocenters. The Labute approximate surface area is 72.9 Å². The van der Waals surface area contributed by atoms with E-state index < -0.39 is 5.41 Å². The monoisotopic (exact) mass is 178 g/mol. The van der Waals surface area contributed by atoms with E-state index in [9.17, 15) is 4.79 Å². The number of alkyl halides is 1. The molecule has 0 rings (SSSR count). The van der Waals surface area contributed by atoms with E-state index in [-0.39, 0.29) is 12.1 Å². The van der Waals surface area contributed by atoms with Gasteiger partial charge in [-0.2, -0.15) is 0 Å². The van der Waals surface area contributed by atoms with Crippen LogP contribution in [0.15, 0.2) is 0 Å². The minimum absolute atomic E-state index is 0.191. The quantitative estimate of drug-likeness (QED) is 0.479. The topological polar surface area (TPSA) is 26.3 Å². The number of carbonyl (C=O) groups excluding carboxylic acids is 1. The van der Waals surface area contributed by atoms with Crippen molar-refractivity contribution in [3.05, 3.63) is 0 Å². The van der Waals surface area contributed by atoms with Gasteiger partial charge in [-0.25, -0.2) is 0 Å². The summed E-state index contributed by atoms with van der Waals surface area (Å²) < 4.78 is 4.99. The molecule has 0 aliphatic heterocycles. The SMILES string of the molecule is CC(CCl)OC(=O)C(C)(C)C. The van der Waals surface area contributed by atoms with Gasteiger partial charge in [0, 0.05) is 0 Å². The molecular weight excluding hydrogens is 164 g/mol. The summed E-state index contributed by atoms with van der Waals surface area (Å²) in [5, 5.41) is 0. The van der Waals surface area contributed by atoms with Crippen LogP contribution in [0.3, 0.4) is 0 Å². The zero-order chi connectivity index (χ0) is 9.07. The summed E-state index contributed by atoms with van der Waals surface area (Å²) in [4.78, 5) is 11.2. The Kier molecular flexibility index (Phi) is 3.87. The number of carbonyl (C=O) groups is 1. The number of hydrogen-bond acceptors (Lipinski definition) is 2. The highest BCUT2D eigenvalue weighted by molar-refractivity contribution is 6.18. The normalized spacial score (nSPS) is 14.3. The standard InChI is InChI=1S/C8H15ClO2/c1-6(5-9)11-7(10)8(2,3)4/h6H,5H2,1-4H3. The van der Waals surface area contributed by atoms with E-state index in [2.05, 4.69) is 0 Å². The first-order valence-corrected chi connectivity index (χ1v) is 4.18. The van der Waals surface area contributed by atoms with Crippen molar-refractivity contribution in [2.75, 3.05) is 5.88 Å². The Bertz CT molecular complexity index is 138. The van der Waals surface area contributed by atoms with Gasteiger partial charge in [0.15, 0.2) is 0 Å². The largest absolute Gasteiger partial charge is 0.461 e. The molecule has 0 saturated heterocycles. The van der Waals surface area contributed by atoms with Gasteiger partial charge in [-0.3, -0.25) is 4.79 Å². The van der Waals surface area contributed by atoms with Crippen molar-refractivity contribution in [1.82, 2.24) is 0 Å². The molecule has 2 nitrogen and oxygen atoms in total. The molecule has 11 heavy (non-hydrogen) atoms. The minimum Gasteiger partial charge on any atom is -0.461 e. The van der Waals surface area contributed by atoms with Crippen molar-refractivity contribution >= 4 is 17.6 Å². The number of hydrogen-bond donors (Lipinski definition) is 0. The zero-order valence-electron chi connectivity index (χ0n) is 7.48. The van der Waals surface area contributed by atoms with Gasteiger partial charge < -0.3 is 4.74 Å². The average molecular weight is 179 g/mol. The number of rotatable bonds is 2. The van der Waals surface area contributed by atoms with Crippen LogP contribution in [0, 0.1) is 5.41 Å². The molecule has 0 bridgehead atoms. The maximum absolute atomic E-state index is 11.2. The lowest BCUT2D eigenvalue weighted by Crippen LogP contribution is -2.27. The van der Waals surface area contributed by atoms with Crippen molar-refractivity contribution in [2.45, 2.75) is 33.8 Å². The summed E-state index contributed by atoms with van der Waals surface area (Å²) in [5.41, 5.74) is -0.430. The molecule has 0 aliphatic rings. The van der Waals surface area contributed by atoms with Gasteiger partial charge in [0.2, 0.25) is 0 Å². The van der Waals surface area contributed by atoms with Crippen LogP contribution in [-0.2, 0) is 9.53 Å². The second-order valence-electron chi connectivity index (χ2n) is 3.62. The van der Waals surface area contributed by atoms with E-state index in [0.29, 0.717) is 5.88 Å². The van der Waals surface area contributed by atoms with Crippen LogP contribution in [0.2, 0.25) is 0 Å². The highest BCUT2D eigenvalue weighted by Crippen LogP contribution is 2.16. The molecule has 0 radical (unpaired) electrons. The predicted octanol–water partition coefficient (Wildman–Crippen LogP) is 2.20. The van der Waals surface area contributed by atoms with Gasteiger partial charge in [-0.15, -0.1) is 11.6 Å². The predicted molar refractivity (Wildman–Crippen MR) is 45.7 cm³/mol.